The molecule has 1 aliphatic rings. The molecule has 0 atom stereocenters. The van der Waals surface area contributed by atoms with Gasteiger partial charge in [-0.15, -0.1) is 21.5 Å². The smallest absolute Gasteiger partial charge is 0.341 e. The SMILES string of the molecule is CCOC(=O)c1c(NC(=O)CSc2nnc(-c3cc(OC)c(OC)c(OC)c3)n2CC)sc2c1CCCCC2. The molecule has 2 heterocycles. The molecule has 12 heteroatoms. The van der Waals surface area contributed by atoms with Gasteiger partial charge in [0.1, 0.15) is 5.00 Å². The zero-order valence-electron chi connectivity index (χ0n) is 22.9. The van der Waals surface area contributed by atoms with Crippen LogP contribution in [0.5, 0.6) is 17.2 Å². The molecule has 0 saturated heterocycles. The van der Waals surface area contributed by atoms with Crippen LogP contribution in [0.2, 0.25) is 0 Å². The normalized spacial score (nSPS) is 12.8. The molecule has 39 heavy (non-hydrogen) atoms. The van der Waals surface area contributed by atoms with E-state index in [0.717, 1.165) is 43.2 Å². The fraction of sp³-hybridized carbons (Fsp3) is 0.481. The number of fused-ring (bicyclic) bond motifs is 1. The first kappa shape index (κ1) is 28.8. The molecule has 0 radical (unpaired) electrons. The minimum Gasteiger partial charge on any atom is -0.493 e. The first-order chi connectivity index (χ1) is 18.9. The van der Waals surface area contributed by atoms with Crippen molar-refractivity contribution < 1.29 is 28.5 Å². The van der Waals surface area contributed by atoms with Gasteiger partial charge in [0.2, 0.25) is 11.7 Å². The van der Waals surface area contributed by atoms with Crippen LogP contribution in [0.4, 0.5) is 5.00 Å². The van der Waals surface area contributed by atoms with Gasteiger partial charge in [0.05, 0.1) is 39.3 Å². The van der Waals surface area contributed by atoms with E-state index in [2.05, 4.69) is 15.5 Å². The number of nitrogens with one attached hydrogen (secondary N) is 1. The molecule has 1 aliphatic carbocycles. The van der Waals surface area contributed by atoms with Crippen LogP contribution in [-0.2, 0) is 28.9 Å². The third-order valence-corrected chi connectivity index (χ3v) is 8.62. The van der Waals surface area contributed by atoms with Gasteiger partial charge in [0.15, 0.2) is 22.5 Å². The van der Waals surface area contributed by atoms with Crippen molar-refractivity contribution in [2.45, 2.75) is 57.7 Å². The van der Waals surface area contributed by atoms with Crippen molar-refractivity contribution in [3.63, 3.8) is 0 Å². The molecule has 1 aromatic carbocycles. The van der Waals surface area contributed by atoms with Crippen molar-refractivity contribution in [2.24, 2.45) is 0 Å². The number of carbonyl (C=O) groups is 2. The van der Waals surface area contributed by atoms with Crippen LogP contribution in [-0.4, -0.2) is 60.3 Å². The summed E-state index contributed by atoms with van der Waals surface area (Å²) in [6.45, 7) is 4.65. The molecule has 0 spiro atoms. The molecule has 1 amide bonds. The molecule has 4 rings (SSSR count). The summed E-state index contributed by atoms with van der Waals surface area (Å²) in [5, 5.41) is 12.9. The van der Waals surface area contributed by atoms with Gasteiger partial charge >= 0.3 is 5.97 Å². The Morgan fingerprint density at radius 3 is 2.38 bits per heavy atom. The Bertz CT molecular complexity index is 1310. The Balaban J connectivity index is 1.53. The van der Waals surface area contributed by atoms with Gasteiger partial charge in [-0.05, 0) is 57.2 Å². The number of hydrogen-bond donors (Lipinski definition) is 1. The van der Waals surface area contributed by atoms with E-state index in [0.29, 0.717) is 45.3 Å². The van der Waals surface area contributed by atoms with Gasteiger partial charge in [-0.1, -0.05) is 18.2 Å². The van der Waals surface area contributed by atoms with Crippen LogP contribution >= 0.6 is 23.1 Å². The number of hydrogen-bond acceptors (Lipinski definition) is 10. The van der Waals surface area contributed by atoms with Crippen LogP contribution in [0.1, 0.15) is 53.9 Å². The summed E-state index contributed by atoms with van der Waals surface area (Å²) in [5.41, 5.74) is 2.28. The third kappa shape index (κ3) is 6.17. The molecule has 210 valence electrons. The number of aromatic nitrogens is 3. The molecule has 0 fully saturated rings. The predicted molar refractivity (Wildman–Crippen MR) is 152 cm³/mol. The maximum absolute atomic E-state index is 13.0. The maximum atomic E-state index is 13.0. The highest BCUT2D eigenvalue weighted by atomic mass is 32.2. The van der Waals surface area contributed by atoms with Crippen molar-refractivity contribution in [3.8, 4) is 28.6 Å². The van der Waals surface area contributed by atoms with Crippen molar-refractivity contribution in [2.75, 3.05) is 39.0 Å². The zero-order valence-corrected chi connectivity index (χ0v) is 24.6. The Morgan fingerprint density at radius 1 is 1.03 bits per heavy atom. The lowest BCUT2D eigenvalue weighted by Crippen LogP contribution is -2.17. The average Bonchev–Trinajstić information content (AvgIpc) is 3.43. The Labute approximate surface area is 236 Å². The van der Waals surface area contributed by atoms with Crippen molar-refractivity contribution >= 4 is 40.0 Å². The minimum absolute atomic E-state index is 0.109. The van der Waals surface area contributed by atoms with Crippen LogP contribution in [0.25, 0.3) is 11.4 Å². The van der Waals surface area contributed by atoms with Gasteiger partial charge in [-0.25, -0.2) is 4.79 Å². The number of benzene rings is 1. The average molecular weight is 575 g/mol. The topological polar surface area (TPSA) is 114 Å². The molecule has 1 N–H and O–H groups in total. The maximum Gasteiger partial charge on any atom is 0.341 e. The highest BCUT2D eigenvalue weighted by molar-refractivity contribution is 7.99. The highest BCUT2D eigenvalue weighted by Gasteiger charge is 2.27. The number of rotatable bonds is 11. The number of ether oxygens (including phenoxy) is 4. The molecule has 0 unspecified atom stereocenters. The summed E-state index contributed by atoms with van der Waals surface area (Å²) in [6.07, 6.45) is 4.99. The second kappa shape index (κ2) is 13.2. The van der Waals surface area contributed by atoms with Crippen LogP contribution in [0.3, 0.4) is 0 Å². The van der Waals surface area contributed by atoms with E-state index in [4.69, 9.17) is 18.9 Å². The lowest BCUT2D eigenvalue weighted by atomic mass is 10.1. The van der Waals surface area contributed by atoms with Gasteiger partial charge in [-0.3, -0.25) is 4.79 Å². The number of carbonyl (C=O) groups excluding carboxylic acids is 2. The molecule has 3 aromatic rings. The van der Waals surface area contributed by atoms with Crippen molar-refractivity contribution in [1.82, 2.24) is 14.8 Å². The van der Waals surface area contributed by atoms with Crippen LogP contribution in [0.15, 0.2) is 17.3 Å². The Morgan fingerprint density at radius 2 is 1.74 bits per heavy atom. The summed E-state index contributed by atoms with van der Waals surface area (Å²) >= 11 is 2.77. The summed E-state index contributed by atoms with van der Waals surface area (Å²) in [4.78, 5) is 27.0. The third-order valence-electron chi connectivity index (χ3n) is 6.44. The summed E-state index contributed by atoms with van der Waals surface area (Å²) in [6, 6.07) is 3.63. The number of nitrogens with zero attached hydrogens (tertiary/aromatic N) is 3. The number of thioether (sulfide) groups is 1. The largest absolute Gasteiger partial charge is 0.493 e. The number of methoxy groups -OCH3 is 3. The number of amides is 1. The molecular weight excluding hydrogens is 540 g/mol. The molecule has 0 bridgehead atoms. The van der Waals surface area contributed by atoms with Gasteiger partial charge in [-0.2, -0.15) is 0 Å². The quantitative estimate of drug-likeness (QED) is 0.187. The summed E-state index contributed by atoms with van der Waals surface area (Å²) in [5.74, 6) is 1.65. The summed E-state index contributed by atoms with van der Waals surface area (Å²) < 4.78 is 23.6. The van der Waals surface area contributed by atoms with E-state index in [9.17, 15) is 9.59 Å². The fourth-order valence-corrected chi connectivity index (χ4v) is 6.74. The molecule has 2 aromatic heterocycles. The van der Waals surface area contributed by atoms with Crippen LogP contribution in [0, 0.1) is 0 Å². The number of esters is 1. The van der Waals surface area contributed by atoms with E-state index in [-0.39, 0.29) is 24.2 Å². The van der Waals surface area contributed by atoms with E-state index in [1.54, 1.807) is 28.3 Å². The summed E-state index contributed by atoms with van der Waals surface area (Å²) in [7, 11) is 4.67. The standard InChI is InChI=1S/C27H34N4O6S2/c1-6-31-24(16-13-18(34-3)23(36-5)19(14-16)35-4)29-30-27(31)38-15-21(32)28-25-22(26(33)37-7-2)17-11-9-8-10-12-20(17)39-25/h13-14H,6-12,15H2,1-5H3,(H,28,32). The first-order valence-electron chi connectivity index (χ1n) is 12.9. The van der Waals surface area contributed by atoms with Gasteiger partial charge < -0.3 is 28.8 Å². The molecule has 0 saturated carbocycles. The lowest BCUT2D eigenvalue weighted by Gasteiger charge is -2.14. The number of thiophene rings is 1. The minimum atomic E-state index is -0.374. The number of aryl methyl sites for hydroxylation is 1. The van der Waals surface area contributed by atoms with Gasteiger partial charge in [0, 0.05) is 17.0 Å². The lowest BCUT2D eigenvalue weighted by molar-refractivity contribution is -0.113. The highest BCUT2D eigenvalue weighted by Crippen LogP contribution is 2.41. The predicted octanol–water partition coefficient (Wildman–Crippen LogP) is 5.23. The van der Waals surface area contributed by atoms with E-state index in [1.807, 2.05) is 23.6 Å². The Hall–Kier alpha value is -3.25. The van der Waals surface area contributed by atoms with E-state index in [1.165, 1.54) is 28.0 Å². The molecular formula is C27H34N4O6S2. The molecule has 0 aliphatic heterocycles. The fourth-order valence-electron chi connectivity index (χ4n) is 4.65. The zero-order chi connectivity index (χ0) is 27.9. The van der Waals surface area contributed by atoms with Gasteiger partial charge in [0.25, 0.3) is 0 Å². The van der Waals surface area contributed by atoms with Crippen LogP contribution < -0.4 is 19.5 Å². The van der Waals surface area contributed by atoms with E-state index >= 15 is 0 Å². The Kier molecular flexibility index (Phi) is 9.73. The van der Waals surface area contributed by atoms with Crippen molar-refractivity contribution in [1.29, 1.82) is 0 Å². The molecule has 10 nitrogen and oxygen atoms in total. The first-order valence-corrected chi connectivity index (χ1v) is 14.7. The number of anilines is 1. The monoisotopic (exact) mass is 574 g/mol. The second-order valence-corrected chi connectivity index (χ2v) is 10.8. The van der Waals surface area contributed by atoms with Crippen molar-refractivity contribution in [3.05, 3.63) is 28.1 Å². The second-order valence-electron chi connectivity index (χ2n) is 8.79. The van der Waals surface area contributed by atoms with E-state index < -0.39 is 0 Å².